The van der Waals surface area contributed by atoms with E-state index in [0.717, 1.165) is 4.90 Å². The molecule has 5 nitrogen and oxygen atoms in total. The van der Waals surface area contributed by atoms with Crippen LogP contribution in [-0.2, 0) is 0 Å². The second-order valence-corrected chi connectivity index (χ2v) is 3.81. The van der Waals surface area contributed by atoms with E-state index in [1.165, 1.54) is 7.05 Å². The first-order valence-electron chi connectivity index (χ1n) is 5.98. The van der Waals surface area contributed by atoms with E-state index >= 15 is 0 Å². The number of hydrogen-bond donors (Lipinski definition) is 1. The smallest absolute Gasteiger partial charge is 0.325 e. The number of nitrogens with zero attached hydrogens (tertiary/aromatic N) is 2. The minimum absolute atomic E-state index is 0.298. The van der Waals surface area contributed by atoms with E-state index in [1.807, 2.05) is 32.0 Å². The summed E-state index contributed by atoms with van der Waals surface area (Å²) >= 11 is 0. The quantitative estimate of drug-likeness (QED) is 0.895. The number of hydrogen-bond acceptors (Lipinski definition) is 2. The summed E-state index contributed by atoms with van der Waals surface area (Å²) in [6, 6.07) is 8.32. The Labute approximate surface area is 107 Å². The first kappa shape index (κ1) is 14.0. The van der Waals surface area contributed by atoms with Crippen molar-refractivity contribution in [3.63, 3.8) is 0 Å². The molecule has 0 fully saturated rings. The molecule has 0 atom stereocenters. The van der Waals surface area contributed by atoms with Crippen LogP contribution in [0.4, 0.5) is 15.3 Å². The Balaban J connectivity index is 2.64. The third-order valence-electron chi connectivity index (χ3n) is 2.65. The Morgan fingerprint density at radius 1 is 1.11 bits per heavy atom. The SMILES string of the molecule is CCN(CC)C(=O)N(C)C(=O)Nc1ccccc1. The number of carbonyl (C=O) groups is 2. The standard InChI is InChI=1S/C13H19N3O2/c1-4-16(5-2)13(18)15(3)12(17)14-11-9-7-6-8-10-11/h6-10H,4-5H2,1-3H3,(H,14,17). The Bertz CT molecular complexity index is 402. The van der Waals surface area contributed by atoms with Gasteiger partial charge in [0.1, 0.15) is 0 Å². The van der Waals surface area contributed by atoms with E-state index < -0.39 is 6.03 Å². The third-order valence-corrected chi connectivity index (χ3v) is 2.65. The Hall–Kier alpha value is -2.04. The number of amides is 4. The Morgan fingerprint density at radius 2 is 1.67 bits per heavy atom. The largest absolute Gasteiger partial charge is 0.329 e. The van der Waals surface area contributed by atoms with Gasteiger partial charge in [0.05, 0.1) is 0 Å². The zero-order chi connectivity index (χ0) is 13.5. The molecular formula is C13H19N3O2. The molecule has 0 aliphatic heterocycles. The number of rotatable bonds is 3. The number of urea groups is 2. The number of nitrogens with one attached hydrogen (secondary N) is 1. The molecule has 0 aliphatic carbocycles. The van der Waals surface area contributed by atoms with Gasteiger partial charge < -0.3 is 10.2 Å². The molecule has 0 aromatic heterocycles. The van der Waals surface area contributed by atoms with Crippen LogP contribution in [0, 0.1) is 0 Å². The molecule has 1 aromatic carbocycles. The van der Waals surface area contributed by atoms with Crippen LogP contribution in [0.3, 0.4) is 0 Å². The Kier molecular flexibility index (Phi) is 5.17. The summed E-state index contributed by atoms with van der Waals surface area (Å²) in [6.45, 7) is 4.92. The minimum Gasteiger partial charge on any atom is -0.325 e. The van der Waals surface area contributed by atoms with Crippen molar-refractivity contribution in [2.75, 3.05) is 25.5 Å². The maximum atomic E-state index is 11.9. The van der Waals surface area contributed by atoms with Gasteiger partial charge >= 0.3 is 12.1 Å². The van der Waals surface area contributed by atoms with Crippen molar-refractivity contribution in [1.29, 1.82) is 0 Å². The van der Waals surface area contributed by atoms with Crippen LogP contribution >= 0.6 is 0 Å². The lowest BCUT2D eigenvalue weighted by atomic mass is 10.3. The van der Waals surface area contributed by atoms with Gasteiger partial charge in [-0.1, -0.05) is 18.2 Å². The molecule has 4 amide bonds. The third kappa shape index (κ3) is 3.48. The summed E-state index contributed by atoms with van der Waals surface area (Å²) in [5.41, 5.74) is 0.668. The summed E-state index contributed by atoms with van der Waals surface area (Å²) in [4.78, 5) is 26.5. The Morgan fingerprint density at radius 3 is 2.17 bits per heavy atom. The van der Waals surface area contributed by atoms with Crippen molar-refractivity contribution in [3.05, 3.63) is 30.3 Å². The van der Waals surface area contributed by atoms with Gasteiger partial charge in [0, 0.05) is 25.8 Å². The molecule has 0 aliphatic rings. The first-order chi connectivity index (χ1) is 8.60. The van der Waals surface area contributed by atoms with Crippen LogP contribution in [0.25, 0.3) is 0 Å². The van der Waals surface area contributed by atoms with Crippen molar-refractivity contribution in [1.82, 2.24) is 9.80 Å². The number of carbonyl (C=O) groups excluding carboxylic acids is 2. The zero-order valence-corrected chi connectivity index (χ0v) is 11.0. The van der Waals surface area contributed by atoms with Gasteiger partial charge in [0.15, 0.2) is 0 Å². The molecule has 0 radical (unpaired) electrons. The first-order valence-corrected chi connectivity index (χ1v) is 5.98. The maximum absolute atomic E-state index is 11.9. The van der Waals surface area contributed by atoms with Gasteiger partial charge in [-0.05, 0) is 26.0 Å². The van der Waals surface area contributed by atoms with E-state index in [1.54, 1.807) is 17.0 Å². The summed E-state index contributed by atoms with van der Waals surface area (Å²) in [7, 11) is 1.47. The molecule has 5 heteroatoms. The second kappa shape index (κ2) is 6.64. The van der Waals surface area contributed by atoms with Crippen LogP contribution in [-0.4, -0.2) is 42.0 Å². The monoisotopic (exact) mass is 249 g/mol. The maximum Gasteiger partial charge on any atom is 0.329 e. The van der Waals surface area contributed by atoms with Crippen LogP contribution in [0.2, 0.25) is 0 Å². The second-order valence-electron chi connectivity index (χ2n) is 3.81. The van der Waals surface area contributed by atoms with E-state index in [4.69, 9.17) is 0 Å². The predicted molar refractivity (Wildman–Crippen MR) is 71.5 cm³/mol. The molecule has 0 unspecified atom stereocenters. The molecule has 18 heavy (non-hydrogen) atoms. The summed E-state index contributed by atoms with van der Waals surface area (Å²) in [5.74, 6) is 0. The molecule has 0 saturated heterocycles. The summed E-state index contributed by atoms with van der Waals surface area (Å²) < 4.78 is 0. The number of anilines is 1. The van der Waals surface area contributed by atoms with E-state index in [0.29, 0.717) is 18.8 Å². The topological polar surface area (TPSA) is 52.7 Å². The summed E-state index contributed by atoms with van der Waals surface area (Å²) in [5, 5.41) is 2.67. The van der Waals surface area contributed by atoms with Gasteiger partial charge in [-0.2, -0.15) is 0 Å². The van der Waals surface area contributed by atoms with Crippen molar-refractivity contribution < 1.29 is 9.59 Å². The highest BCUT2D eigenvalue weighted by Crippen LogP contribution is 2.07. The van der Waals surface area contributed by atoms with Gasteiger partial charge in [-0.15, -0.1) is 0 Å². The lowest BCUT2D eigenvalue weighted by Gasteiger charge is -2.24. The van der Waals surface area contributed by atoms with Gasteiger partial charge in [-0.25, -0.2) is 14.5 Å². The van der Waals surface area contributed by atoms with Crippen LogP contribution in [0.15, 0.2) is 30.3 Å². The molecule has 1 aromatic rings. The molecule has 1 N–H and O–H groups in total. The number of imide groups is 1. The van der Waals surface area contributed by atoms with Crippen LogP contribution < -0.4 is 5.32 Å². The van der Waals surface area contributed by atoms with Crippen molar-refractivity contribution in [3.8, 4) is 0 Å². The van der Waals surface area contributed by atoms with Crippen molar-refractivity contribution in [2.24, 2.45) is 0 Å². The van der Waals surface area contributed by atoms with Gasteiger partial charge in [-0.3, -0.25) is 0 Å². The average molecular weight is 249 g/mol. The van der Waals surface area contributed by atoms with Crippen molar-refractivity contribution >= 4 is 17.7 Å². The summed E-state index contributed by atoms with van der Waals surface area (Å²) in [6.07, 6.45) is 0. The predicted octanol–water partition coefficient (Wildman–Crippen LogP) is 2.61. The normalized spacial score (nSPS) is 9.72. The van der Waals surface area contributed by atoms with Crippen LogP contribution in [0.1, 0.15) is 13.8 Å². The highest BCUT2D eigenvalue weighted by molar-refractivity contribution is 6.00. The van der Waals surface area contributed by atoms with E-state index in [2.05, 4.69) is 5.32 Å². The van der Waals surface area contributed by atoms with E-state index in [9.17, 15) is 9.59 Å². The van der Waals surface area contributed by atoms with Gasteiger partial charge in [0.2, 0.25) is 0 Å². The van der Waals surface area contributed by atoms with Crippen molar-refractivity contribution in [2.45, 2.75) is 13.8 Å². The lowest BCUT2D eigenvalue weighted by Crippen LogP contribution is -2.45. The lowest BCUT2D eigenvalue weighted by molar-refractivity contribution is 0.170. The van der Waals surface area contributed by atoms with E-state index in [-0.39, 0.29) is 6.03 Å². The molecule has 0 heterocycles. The van der Waals surface area contributed by atoms with Gasteiger partial charge in [0.25, 0.3) is 0 Å². The fraction of sp³-hybridized carbons (Fsp3) is 0.385. The molecule has 0 bridgehead atoms. The molecule has 1 rings (SSSR count). The fourth-order valence-electron chi connectivity index (χ4n) is 1.52. The zero-order valence-electron chi connectivity index (χ0n) is 11.0. The molecule has 98 valence electrons. The highest BCUT2D eigenvalue weighted by Gasteiger charge is 2.20. The highest BCUT2D eigenvalue weighted by atomic mass is 16.2. The molecule has 0 spiro atoms. The average Bonchev–Trinajstić information content (AvgIpc) is 2.40. The number of benzene rings is 1. The number of para-hydroxylation sites is 1. The van der Waals surface area contributed by atoms with Crippen LogP contribution in [0.5, 0.6) is 0 Å². The minimum atomic E-state index is -0.432. The molecular weight excluding hydrogens is 230 g/mol. The fourth-order valence-corrected chi connectivity index (χ4v) is 1.52. The molecule has 0 saturated carbocycles.